The molecule has 0 saturated heterocycles. The maximum Gasteiger partial charge on any atom is 0.184 e. The van der Waals surface area contributed by atoms with Crippen molar-refractivity contribution >= 4 is 16.6 Å². The van der Waals surface area contributed by atoms with Crippen molar-refractivity contribution in [3.05, 3.63) is 42.2 Å². The highest BCUT2D eigenvalue weighted by Gasteiger charge is 2.24. The molecule has 92 valence electrons. The van der Waals surface area contributed by atoms with Crippen molar-refractivity contribution in [1.29, 1.82) is 0 Å². The second-order valence-corrected chi connectivity index (χ2v) is 5.08. The van der Waals surface area contributed by atoms with Crippen molar-refractivity contribution in [1.82, 2.24) is 4.98 Å². The highest BCUT2D eigenvalue weighted by atomic mass is 16.1. The van der Waals surface area contributed by atoms with E-state index in [0.717, 1.165) is 23.6 Å². The van der Waals surface area contributed by atoms with Gasteiger partial charge in [-0.3, -0.25) is 9.78 Å². The van der Waals surface area contributed by atoms with Crippen LogP contribution in [0.1, 0.15) is 42.6 Å². The molecule has 1 aliphatic rings. The van der Waals surface area contributed by atoms with E-state index >= 15 is 0 Å². The molecule has 0 unspecified atom stereocenters. The molecule has 3 rings (SSSR count). The first-order chi connectivity index (χ1) is 8.86. The number of hydrogen-bond donors (Lipinski definition) is 0. The summed E-state index contributed by atoms with van der Waals surface area (Å²) < 4.78 is 0. The maximum atomic E-state index is 12.6. The van der Waals surface area contributed by atoms with Gasteiger partial charge in [-0.2, -0.15) is 0 Å². The van der Waals surface area contributed by atoms with Gasteiger partial charge in [-0.25, -0.2) is 0 Å². The van der Waals surface area contributed by atoms with E-state index in [1.807, 2.05) is 30.3 Å². The second-order valence-electron chi connectivity index (χ2n) is 5.08. The Kier molecular flexibility index (Phi) is 3.09. The number of pyridine rings is 1. The van der Waals surface area contributed by atoms with Crippen LogP contribution >= 0.6 is 0 Å². The van der Waals surface area contributed by atoms with E-state index in [2.05, 4.69) is 4.98 Å². The summed E-state index contributed by atoms with van der Waals surface area (Å²) in [5, 5.41) is 2.10. The standard InChI is InChI=1S/C16H17NO/c18-16(13-7-2-1-3-8-13)15-14-9-5-4-6-12(14)10-11-17-15/h4-6,9-11,13H,1-3,7-8H2. The summed E-state index contributed by atoms with van der Waals surface area (Å²) in [7, 11) is 0. The number of ketones is 1. The predicted molar refractivity (Wildman–Crippen MR) is 72.6 cm³/mol. The van der Waals surface area contributed by atoms with Gasteiger partial charge in [0.1, 0.15) is 5.69 Å². The van der Waals surface area contributed by atoms with Crippen LogP contribution in [0.5, 0.6) is 0 Å². The topological polar surface area (TPSA) is 30.0 Å². The fraction of sp³-hybridized carbons (Fsp3) is 0.375. The first-order valence-corrected chi connectivity index (χ1v) is 6.74. The SMILES string of the molecule is O=C(c1nccc2ccccc12)C1CCCCC1. The number of rotatable bonds is 2. The lowest BCUT2D eigenvalue weighted by molar-refractivity contribution is 0.0886. The maximum absolute atomic E-state index is 12.6. The zero-order chi connectivity index (χ0) is 12.4. The smallest absolute Gasteiger partial charge is 0.184 e. The molecule has 2 heteroatoms. The van der Waals surface area contributed by atoms with E-state index in [-0.39, 0.29) is 11.7 Å². The summed E-state index contributed by atoms with van der Waals surface area (Å²) in [5.74, 6) is 0.434. The Morgan fingerprint density at radius 3 is 2.67 bits per heavy atom. The Labute approximate surface area is 107 Å². The Morgan fingerprint density at radius 1 is 1.06 bits per heavy atom. The Bertz CT molecular complexity index is 565. The molecule has 0 radical (unpaired) electrons. The number of hydrogen-bond acceptors (Lipinski definition) is 2. The van der Waals surface area contributed by atoms with Gasteiger partial charge in [-0.15, -0.1) is 0 Å². The van der Waals surface area contributed by atoms with Gasteiger partial charge in [0.15, 0.2) is 5.78 Å². The lowest BCUT2D eigenvalue weighted by Crippen LogP contribution is -2.19. The van der Waals surface area contributed by atoms with E-state index in [4.69, 9.17) is 0 Å². The molecule has 0 bridgehead atoms. The number of nitrogens with zero attached hydrogens (tertiary/aromatic N) is 1. The van der Waals surface area contributed by atoms with E-state index in [9.17, 15) is 4.79 Å². The second kappa shape index (κ2) is 4.89. The third-order valence-corrected chi connectivity index (χ3v) is 3.88. The number of carbonyl (C=O) groups is 1. The zero-order valence-electron chi connectivity index (χ0n) is 10.4. The van der Waals surface area contributed by atoms with Crippen molar-refractivity contribution in [3.8, 4) is 0 Å². The molecule has 0 atom stereocenters. The summed E-state index contributed by atoms with van der Waals surface area (Å²) >= 11 is 0. The molecule has 2 nitrogen and oxygen atoms in total. The third kappa shape index (κ3) is 2.03. The summed E-state index contributed by atoms with van der Waals surface area (Å²) in [6, 6.07) is 9.97. The summed E-state index contributed by atoms with van der Waals surface area (Å²) in [4.78, 5) is 16.9. The highest BCUT2D eigenvalue weighted by Crippen LogP contribution is 2.28. The van der Waals surface area contributed by atoms with Crippen LogP contribution in [-0.4, -0.2) is 10.8 Å². The summed E-state index contributed by atoms with van der Waals surface area (Å²) in [5.41, 5.74) is 0.667. The average molecular weight is 239 g/mol. The largest absolute Gasteiger partial charge is 0.292 e. The predicted octanol–water partition coefficient (Wildman–Crippen LogP) is 4.00. The van der Waals surface area contributed by atoms with Gasteiger partial charge < -0.3 is 0 Å². The van der Waals surface area contributed by atoms with Gasteiger partial charge in [0.05, 0.1) is 0 Å². The van der Waals surface area contributed by atoms with E-state index < -0.39 is 0 Å². The minimum atomic E-state index is 0.192. The van der Waals surface area contributed by atoms with Crippen molar-refractivity contribution in [2.45, 2.75) is 32.1 Å². The van der Waals surface area contributed by atoms with Crippen LogP contribution in [0, 0.1) is 5.92 Å². The van der Waals surface area contributed by atoms with E-state index in [1.54, 1.807) is 6.20 Å². The fourth-order valence-corrected chi connectivity index (χ4v) is 2.87. The molecule has 0 aliphatic heterocycles. The molecule has 1 aromatic heterocycles. The van der Waals surface area contributed by atoms with Gasteiger partial charge in [-0.1, -0.05) is 43.5 Å². The van der Waals surface area contributed by atoms with E-state index in [0.29, 0.717) is 5.69 Å². The summed E-state index contributed by atoms with van der Waals surface area (Å²) in [6.07, 6.45) is 7.45. The zero-order valence-corrected chi connectivity index (χ0v) is 10.4. The average Bonchev–Trinajstić information content (AvgIpc) is 2.47. The molecule has 1 aromatic carbocycles. The number of carbonyl (C=O) groups excluding carboxylic acids is 1. The molecule has 1 saturated carbocycles. The van der Waals surface area contributed by atoms with Crippen LogP contribution in [0.4, 0.5) is 0 Å². The fourth-order valence-electron chi connectivity index (χ4n) is 2.87. The van der Waals surface area contributed by atoms with Crippen LogP contribution < -0.4 is 0 Å². The van der Waals surface area contributed by atoms with E-state index in [1.165, 1.54) is 19.3 Å². The Hall–Kier alpha value is -1.70. The number of benzene rings is 1. The van der Waals surface area contributed by atoms with Crippen LogP contribution in [-0.2, 0) is 0 Å². The number of aromatic nitrogens is 1. The van der Waals surface area contributed by atoms with Crippen molar-refractivity contribution in [2.24, 2.45) is 5.92 Å². The van der Waals surface area contributed by atoms with Gasteiger partial charge in [0.2, 0.25) is 0 Å². The molecule has 0 spiro atoms. The van der Waals surface area contributed by atoms with Crippen LogP contribution in [0.25, 0.3) is 10.8 Å². The van der Waals surface area contributed by atoms with Gasteiger partial charge in [0, 0.05) is 17.5 Å². The van der Waals surface area contributed by atoms with Gasteiger partial charge in [-0.05, 0) is 24.3 Å². The molecule has 2 aromatic rings. The lowest BCUT2D eigenvalue weighted by atomic mass is 9.84. The van der Waals surface area contributed by atoms with Crippen molar-refractivity contribution in [2.75, 3.05) is 0 Å². The minimum absolute atomic E-state index is 0.192. The number of fused-ring (bicyclic) bond motifs is 1. The third-order valence-electron chi connectivity index (χ3n) is 3.88. The number of Topliss-reactive ketones (excluding diaryl/α,β-unsaturated/α-hetero) is 1. The Morgan fingerprint density at radius 2 is 1.83 bits per heavy atom. The molecule has 1 fully saturated rings. The highest BCUT2D eigenvalue weighted by molar-refractivity contribution is 6.07. The minimum Gasteiger partial charge on any atom is -0.292 e. The van der Waals surface area contributed by atoms with Crippen LogP contribution in [0.15, 0.2) is 36.5 Å². The lowest BCUT2D eigenvalue weighted by Gasteiger charge is -2.20. The molecule has 18 heavy (non-hydrogen) atoms. The molecular formula is C16H17NO. The van der Waals surface area contributed by atoms with Crippen molar-refractivity contribution in [3.63, 3.8) is 0 Å². The normalized spacial score (nSPS) is 16.9. The molecule has 0 amide bonds. The van der Waals surface area contributed by atoms with Crippen molar-refractivity contribution < 1.29 is 4.79 Å². The first kappa shape index (κ1) is 11.4. The molecule has 0 N–H and O–H groups in total. The quantitative estimate of drug-likeness (QED) is 0.741. The van der Waals surface area contributed by atoms with Crippen LogP contribution in [0.2, 0.25) is 0 Å². The summed E-state index contributed by atoms with van der Waals surface area (Å²) in [6.45, 7) is 0. The monoisotopic (exact) mass is 239 g/mol. The Balaban J connectivity index is 2.00. The van der Waals surface area contributed by atoms with Gasteiger partial charge in [0.25, 0.3) is 0 Å². The van der Waals surface area contributed by atoms with Crippen LogP contribution in [0.3, 0.4) is 0 Å². The molecular weight excluding hydrogens is 222 g/mol. The molecule has 1 aliphatic carbocycles. The first-order valence-electron chi connectivity index (χ1n) is 6.74. The van der Waals surface area contributed by atoms with Gasteiger partial charge >= 0.3 is 0 Å². The molecule has 1 heterocycles.